The molecule has 0 saturated carbocycles. The molecule has 0 fully saturated rings. The van der Waals surface area contributed by atoms with Crippen molar-refractivity contribution in [3.63, 3.8) is 0 Å². The number of hydrogen-bond acceptors (Lipinski definition) is 6. The highest BCUT2D eigenvalue weighted by Crippen LogP contribution is 2.07. The van der Waals surface area contributed by atoms with Crippen LogP contribution in [0.15, 0.2) is 36.8 Å². The molecule has 2 aromatic rings. The molecule has 0 aliphatic carbocycles. The predicted octanol–water partition coefficient (Wildman–Crippen LogP) is 0.448. The van der Waals surface area contributed by atoms with E-state index in [1.807, 2.05) is 23.2 Å². The van der Waals surface area contributed by atoms with Gasteiger partial charge in [-0.2, -0.15) is 0 Å². The van der Waals surface area contributed by atoms with E-state index in [9.17, 15) is 0 Å². The van der Waals surface area contributed by atoms with Crippen LogP contribution in [0, 0.1) is 0 Å². The molecule has 2 aromatic heterocycles. The Kier molecular flexibility index (Phi) is 4.77. The molecule has 0 saturated heterocycles. The number of nitrogens with two attached hydrogens (primary N) is 1. The highest BCUT2D eigenvalue weighted by molar-refractivity contribution is 5.25. The Balaban J connectivity index is 2.04. The lowest BCUT2D eigenvalue weighted by atomic mass is 10.2. The fourth-order valence-electron chi connectivity index (χ4n) is 1.80. The number of hydrogen-bond donors (Lipinski definition) is 2. The van der Waals surface area contributed by atoms with E-state index in [1.165, 1.54) is 0 Å². The van der Waals surface area contributed by atoms with Crippen LogP contribution in [0.4, 0.5) is 5.82 Å². The summed E-state index contributed by atoms with van der Waals surface area (Å²) in [6.07, 6.45) is 5.18. The molecule has 6 nitrogen and oxygen atoms in total. The summed E-state index contributed by atoms with van der Waals surface area (Å²) in [4.78, 5) is 14.5. The SMILES string of the molecule is Nc1ccnc(CN(CCO)Cc2cccnc2)n1. The van der Waals surface area contributed by atoms with Crippen molar-refractivity contribution in [2.24, 2.45) is 0 Å². The lowest BCUT2D eigenvalue weighted by molar-refractivity contribution is 0.181. The first-order valence-electron chi connectivity index (χ1n) is 6.07. The molecule has 0 atom stereocenters. The van der Waals surface area contributed by atoms with Gasteiger partial charge in [-0.25, -0.2) is 9.97 Å². The molecular weight excluding hydrogens is 242 g/mol. The highest BCUT2D eigenvalue weighted by atomic mass is 16.3. The van der Waals surface area contributed by atoms with E-state index in [-0.39, 0.29) is 6.61 Å². The minimum absolute atomic E-state index is 0.0859. The standard InChI is InChI=1S/C13H17N5O/c14-12-3-5-16-13(17-12)10-18(6-7-19)9-11-2-1-4-15-8-11/h1-5,8,19H,6-7,9-10H2,(H2,14,16,17). The number of aromatic nitrogens is 3. The first-order valence-corrected chi connectivity index (χ1v) is 6.07. The number of rotatable bonds is 6. The number of anilines is 1. The first kappa shape index (κ1) is 13.4. The number of nitrogens with zero attached hydrogens (tertiary/aromatic N) is 4. The second kappa shape index (κ2) is 6.77. The van der Waals surface area contributed by atoms with E-state index >= 15 is 0 Å². The van der Waals surface area contributed by atoms with Crippen LogP contribution in [0.2, 0.25) is 0 Å². The summed E-state index contributed by atoms with van der Waals surface area (Å²) in [5.74, 6) is 1.10. The largest absolute Gasteiger partial charge is 0.395 e. The van der Waals surface area contributed by atoms with Crippen molar-refractivity contribution < 1.29 is 5.11 Å². The van der Waals surface area contributed by atoms with Crippen molar-refractivity contribution in [3.8, 4) is 0 Å². The van der Waals surface area contributed by atoms with E-state index in [4.69, 9.17) is 10.8 Å². The second-order valence-electron chi connectivity index (χ2n) is 4.19. The van der Waals surface area contributed by atoms with Gasteiger partial charge in [0.15, 0.2) is 0 Å². The van der Waals surface area contributed by atoms with Crippen molar-refractivity contribution in [3.05, 3.63) is 48.2 Å². The van der Waals surface area contributed by atoms with Gasteiger partial charge < -0.3 is 10.8 Å². The summed E-state index contributed by atoms with van der Waals surface area (Å²) in [5, 5.41) is 9.12. The molecular formula is C13H17N5O. The predicted molar refractivity (Wildman–Crippen MR) is 71.9 cm³/mol. The molecule has 100 valence electrons. The van der Waals surface area contributed by atoms with Crippen LogP contribution in [-0.4, -0.2) is 38.1 Å². The van der Waals surface area contributed by atoms with Gasteiger partial charge in [0.1, 0.15) is 11.6 Å². The Labute approximate surface area is 112 Å². The third kappa shape index (κ3) is 4.27. The molecule has 0 amide bonds. The molecule has 3 N–H and O–H groups in total. The Bertz CT molecular complexity index is 505. The maximum atomic E-state index is 9.12. The quantitative estimate of drug-likeness (QED) is 0.783. The van der Waals surface area contributed by atoms with E-state index < -0.39 is 0 Å². The van der Waals surface area contributed by atoms with Crippen LogP contribution in [0.3, 0.4) is 0 Å². The Morgan fingerprint density at radius 2 is 2.11 bits per heavy atom. The smallest absolute Gasteiger partial charge is 0.144 e. The van der Waals surface area contributed by atoms with Crippen LogP contribution in [-0.2, 0) is 13.1 Å². The van der Waals surface area contributed by atoms with E-state index in [2.05, 4.69) is 15.0 Å². The first-order chi connectivity index (χ1) is 9.28. The number of aliphatic hydroxyl groups excluding tert-OH is 1. The van der Waals surface area contributed by atoms with E-state index in [0.717, 1.165) is 5.56 Å². The number of aliphatic hydroxyl groups is 1. The summed E-state index contributed by atoms with van der Waals surface area (Å²) in [7, 11) is 0. The third-order valence-corrected chi connectivity index (χ3v) is 2.64. The lowest BCUT2D eigenvalue weighted by Gasteiger charge is -2.20. The fourth-order valence-corrected chi connectivity index (χ4v) is 1.80. The highest BCUT2D eigenvalue weighted by Gasteiger charge is 2.08. The fraction of sp³-hybridized carbons (Fsp3) is 0.308. The lowest BCUT2D eigenvalue weighted by Crippen LogP contribution is -2.27. The second-order valence-corrected chi connectivity index (χ2v) is 4.19. The molecule has 0 spiro atoms. The van der Waals surface area contributed by atoms with Crippen LogP contribution in [0.25, 0.3) is 0 Å². The average Bonchev–Trinajstić information content (AvgIpc) is 2.40. The zero-order chi connectivity index (χ0) is 13.5. The zero-order valence-corrected chi connectivity index (χ0v) is 10.6. The van der Waals surface area contributed by atoms with Gasteiger partial charge in [0, 0.05) is 31.7 Å². The topological polar surface area (TPSA) is 88.2 Å². The summed E-state index contributed by atoms with van der Waals surface area (Å²) in [6, 6.07) is 5.54. The molecule has 0 bridgehead atoms. The molecule has 0 aliphatic rings. The van der Waals surface area contributed by atoms with Gasteiger partial charge in [0.05, 0.1) is 13.2 Å². The van der Waals surface area contributed by atoms with Crippen molar-refractivity contribution in [2.75, 3.05) is 18.9 Å². The van der Waals surface area contributed by atoms with Gasteiger partial charge in [-0.1, -0.05) is 6.07 Å². The van der Waals surface area contributed by atoms with Crippen molar-refractivity contribution in [1.29, 1.82) is 0 Å². The van der Waals surface area contributed by atoms with Crippen molar-refractivity contribution in [2.45, 2.75) is 13.1 Å². The van der Waals surface area contributed by atoms with Gasteiger partial charge in [-0.05, 0) is 17.7 Å². The Morgan fingerprint density at radius 1 is 1.21 bits per heavy atom. The molecule has 0 radical (unpaired) electrons. The molecule has 19 heavy (non-hydrogen) atoms. The van der Waals surface area contributed by atoms with Gasteiger partial charge in [-0.3, -0.25) is 9.88 Å². The van der Waals surface area contributed by atoms with Crippen LogP contribution in [0.1, 0.15) is 11.4 Å². The summed E-state index contributed by atoms with van der Waals surface area (Å²) in [5.41, 5.74) is 6.72. The van der Waals surface area contributed by atoms with E-state index in [0.29, 0.717) is 31.3 Å². The van der Waals surface area contributed by atoms with Gasteiger partial charge >= 0.3 is 0 Å². The van der Waals surface area contributed by atoms with Gasteiger partial charge in [-0.15, -0.1) is 0 Å². The van der Waals surface area contributed by atoms with Crippen molar-refractivity contribution in [1.82, 2.24) is 19.9 Å². The van der Waals surface area contributed by atoms with Crippen LogP contribution < -0.4 is 5.73 Å². The Hall–Kier alpha value is -2.05. The minimum Gasteiger partial charge on any atom is -0.395 e. The summed E-state index contributed by atoms with van der Waals surface area (Å²) in [6.45, 7) is 1.86. The summed E-state index contributed by atoms with van der Waals surface area (Å²) < 4.78 is 0. The molecule has 6 heteroatoms. The molecule has 2 heterocycles. The summed E-state index contributed by atoms with van der Waals surface area (Å²) >= 11 is 0. The third-order valence-electron chi connectivity index (χ3n) is 2.64. The number of nitrogen functional groups attached to an aromatic ring is 1. The number of pyridine rings is 1. The van der Waals surface area contributed by atoms with Gasteiger partial charge in [0.25, 0.3) is 0 Å². The molecule has 0 aromatic carbocycles. The van der Waals surface area contributed by atoms with Crippen LogP contribution >= 0.6 is 0 Å². The Morgan fingerprint density at radius 3 is 2.79 bits per heavy atom. The van der Waals surface area contributed by atoms with Gasteiger partial charge in [0.2, 0.25) is 0 Å². The maximum Gasteiger partial charge on any atom is 0.144 e. The zero-order valence-electron chi connectivity index (χ0n) is 10.6. The van der Waals surface area contributed by atoms with Crippen LogP contribution in [0.5, 0.6) is 0 Å². The van der Waals surface area contributed by atoms with E-state index in [1.54, 1.807) is 18.5 Å². The normalized spacial score (nSPS) is 10.8. The maximum absolute atomic E-state index is 9.12. The molecule has 0 aliphatic heterocycles. The molecule has 0 unspecified atom stereocenters. The molecule has 2 rings (SSSR count). The monoisotopic (exact) mass is 259 g/mol. The van der Waals surface area contributed by atoms with Crippen molar-refractivity contribution >= 4 is 5.82 Å². The average molecular weight is 259 g/mol. The minimum atomic E-state index is 0.0859.